The largest absolute Gasteiger partial charge is 0.872 e. The fraction of sp³-hybridized carbons (Fsp3) is 0.375. The van der Waals surface area contributed by atoms with Gasteiger partial charge in [-0.05, 0) is 29.7 Å². The maximum absolute atomic E-state index is 12.2. The second-order valence-corrected chi connectivity index (χ2v) is 4.47. The van der Waals surface area contributed by atoms with Gasteiger partial charge in [0, 0.05) is 12.5 Å². The summed E-state index contributed by atoms with van der Waals surface area (Å²) < 4.78 is 19.4. The second-order valence-electron chi connectivity index (χ2n) is 4.47. The molecule has 126 valence electrons. The van der Waals surface area contributed by atoms with Crippen molar-refractivity contribution in [1.29, 1.82) is 0 Å². The molecule has 0 fully saturated rings. The Morgan fingerprint density at radius 3 is 2.17 bits per heavy atom. The average Bonchev–Trinajstić information content (AvgIpc) is 2.58. The Bertz CT molecular complexity index is 605. The molecule has 0 unspecified atom stereocenters. The Morgan fingerprint density at radius 2 is 1.65 bits per heavy atom. The van der Waals surface area contributed by atoms with Crippen molar-refractivity contribution in [3.63, 3.8) is 0 Å². The molecule has 1 aromatic carbocycles. The Kier molecular flexibility index (Phi) is 6.92. The molecule has 0 saturated carbocycles. The van der Waals surface area contributed by atoms with Gasteiger partial charge in [0.05, 0.1) is 28.4 Å². The van der Waals surface area contributed by atoms with Crippen molar-refractivity contribution in [3.05, 3.63) is 29.3 Å². The second kappa shape index (κ2) is 8.67. The van der Waals surface area contributed by atoms with Crippen molar-refractivity contribution < 1.29 is 33.6 Å². The van der Waals surface area contributed by atoms with E-state index in [1.807, 2.05) is 0 Å². The van der Waals surface area contributed by atoms with E-state index in [9.17, 15) is 14.7 Å². The molecular formula is C16H19O7-. The van der Waals surface area contributed by atoms with E-state index < -0.39 is 17.7 Å². The number of rotatable bonds is 7. The van der Waals surface area contributed by atoms with Crippen LogP contribution in [0.3, 0.4) is 0 Å². The highest BCUT2D eigenvalue weighted by molar-refractivity contribution is 5.89. The molecule has 1 rings (SSSR count). The van der Waals surface area contributed by atoms with Gasteiger partial charge in [0.25, 0.3) is 0 Å². The van der Waals surface area contributed by atoms with Gasteiger partial charge in [-0.3, -0.25) is 4.79 Å². The van der Waals surface area contributed by atoms with Crippen molar-refractivity contribution in [3.8, 4) is 11.5 Å². The summed E-state index contributed by atoms with van der Waals surface area (Å²) in [4.78, 5) is 22.6. The molecule has 0 aromatic heterocycles. The monoisotopic (exact) mass is 323 g/mol. The van der Waals surface area contributed by atoms with Crippen molar-refractivity contribution >= 4 is 17.7 Å². The Morgan fingerprint density at radius 1 is 1.04 bits per heavy atom. The van der Waals surface area contributed by atoms with Crippen LogP contribution < -0.4 is 14.6 Å². The Balaban J connectivity index is 3.30. The molecule has 0 amide bonds. The minimum Gasteiger partial charge on any atom is -0.872 e. The zero-order valence-corrected chi connectivity index (χ0v) is 13.5. The minimum absolute atomic E-state index is 0.0878. The van der Waals surface area contributed by atoms with Gasteiger partial charge in [0.1, 0.15) is 0 Å². The number of carbonyl (C=O) groups excluding carboxylic acids is 2. The van der Waals surface area contributed by atoms with Gasteiger partial charge < -0.3 is 24.1 Å². The zero-order chi connectivity index (χ0) is 17.4. The molecule has 7 heteroatoms. The SMILES string of the molecule is COC(=O)/C=C(/[O-])c1cc(OC)c(OC)cc1CCC(=O)OC. The molecule has 7 nitrogen and oxygen atoms in total. The van der Waals surface area contributed by atoms with E-state index >= 15 is 0 Å². The minimum atomic E-state index is -0.760. The first kappa shape index (κ1) is 18.3. The molecule has 1 aromatic rings. The van der Waals surface area contributed by atoms with Crippen LogP contribution in [0.4, 0.5) is 0 Å². The molecule has 23 heavy (non-hydrogen) atoms. The molecule has 0 aliphatic rings. The number of ether oxygens (including phenoxy) is 4. The molecule has 0 heterocycles. The number of esters is 2. The number of aryl methyl sites for hydroxylation is 1. The molecule has 0 aliphatic heterocycles. The molecule has 0 saturated heterocycles. The van der Waals surface area contributed by atoms with Gasteiger partial charge in [-0.2, -0.15) is 0 Å². The van der Waals surface area contributed by atoms with Crippen LogP contribution in [0.15, 0.2) is 18.2 Å². The van der Waals surface area contributed by atoms with Crippen LogP contribution in [-0.2, 0) is 25.5 Å². The van der Waals surface area contributed by atoms with Gasteiger partial charge in [0.15, 0.2) is 11.5 Å². The number of hydrogen-bond donors (Lipinski definition) is 0. The Hall–Kier alpha value is -2.70. The van der Waals surface area contributed by atoms with Crippen LogP contribution in [-0.4, -0.2) is 40.4 Å². The van der Waals surface area contributed by atoms with Crippen LogP contribution in [0.1, 0.15) is 17.5 Å². The highest BCUT2D eigenvalue weighted by Gasteiger charge is 2.13. The number of methoxy groups -OCH3 is 4. The summed E-state index contributed by atoms with van der Waals surface area (Å²) in [7, 11) is 5.36. The molecule has 0 N–H and O–H groups in total. The van der Waals surface area contributed by atoms with E-state index in [1.54, 1.807) is 6.07 Å². The lowest BCUT2D eigenvalue weighted by Gasteiger charge is -2.19. The highest BCUT2D eigenvalue weighted by Crippen LogP contribution is 2.33. The third-order valence-corrected chi connectivity index (χ3v) is 3.15. The first-order chi connectivity index (χ1) is 11.0. The quantitative estimate of drug-likeness (QED) is 0.414. The Labute approximate surface area is 134 Å². The molecular weight excluding hydrogens is 304 g/mol. The van der Waals surface area contributed by atoms with Crippen LogP contribution in [0.5, 0.6) is 11.5 Å². The summed E-state index contributed by atoms with van der Waals surface area (Å²) >= 11 is 0. The van der Waals surface area contributed by atoms with Gasteiger partial charge >= 0.3 is 11.9 Å². The van der Waals surface area contributed by atoms with E-state index in [4.69, 9.17) is 9.47 Å². The van der Waals surface area contributed by atoms with Crippen molar-refractivity contribution in [1.82, 2.24) is 0 Å². The van der Waals surface area contributed by atoms with Crippen LogP contribution in [0, 0.1) is 0 Å². The maximum atomic E-state index is 12.2. The lowest BCUT2D eigenvalue weighted by molar-refractivity contribution is -0.244. The molecule has 0 aliphatic carbocycles. The van der Waals surface area contributed by atoms with Gasteiger partial charge in [0.2, 0.25) is 0 Å². The lowest BCUT2D eigenvalue weighted by Crippen LogP contribution is -2.11. The van der Waals surface area contributed by atoms with Crippen molar-refractivity contribution in [2.75, 3.05) is 28.4 Å². The summed E-state index contributed by atoms with van der Waals surface area (Å²) in [5.74, 6) is -0.950. The van der Waals surface area contributed by atoms with Crippen LogP contribution >= 0.6 is 0 Å². The summed E-state index contributed by atoms with van der Waals surface area (Å²) in [6.45, 7) is 0. The molecule has 0 radical (unpaired) electrons. The fourth-order valence-electron chi connectivity index (χ4n) is 1.94. The summed E-state index contributed by atoms with van der Waals surface area (Å²) in [5, 5.41) is 12.2. The fourth-order valence-corrected chi connectivity index (χ4v) is 1.94. The van der Waals surface area contributed by atoms with E-state index in [0.717, 1.165) is 6.08 Å². The number of benzene rings is 1. The van der Waals surface area contributed by atoms with E-state index in [-0.39, 0.29) is 18.4 Å². The smallest absolute Gasteiger partial charge is 0.329 e. The highest BCUT2D eigenvalue weighted by atomic mass is 16.5. The van der Waals surface area contributed by atoms with E-state index in [0.29, 0.717) is 17.1 Å². The van der Waals surface area contributed by atoms with Gasteiger partial charge in [-0.1, -0.05) is 5.76 Å². The van der Waals surface area contributed by atoms with Crippen molar-refractivity contribution in [2.45, 2.75) is 12.8 Å². The van der Waals surface area contributed by atoms with E-state index in [1.165, 1.54) is 34.5 Å². The number of carbonyl (C=O) groups is 2. The third kappa shape index (κ3) is 4.91. The third-order valence-electron chi connectivity index (χ3n) is 3.15. The standard InChI is InChI=1S/C16H20O7/c1-20-13-7-10(5-6-15(18)22-3)11(8-14(13)21-2)12(17)9-16(19)23-4/h7-9,17H,5-6H2,1-4H3/p-1/b12-9+. The van der Waals surface area contributed by atoms with Crippen molar-refractivity contribution in [2.24, 2.45) is 0 Å². The normalized spacial score (nSPS) is 10.9. The maximum Gasteiger partial charge on any atom is 0.329 e. The summed E-state index contributed by atoms with van der Waals surface area (Å²) in [5.41, 5.74) is 0.773. The molecule has 0 spiro atoms. The van der Waals surface area contributed by atoms with Crippen LogP contribution in [0.25, 0.3) is 5.76 Å². The topological polar surface area (TPSA) is 94.1 Å². The first-order valence-electron chi connectivity index (χ1n) is 6.75. The van der Waals surface area contributed by atoms with Gasteiger partial charge in [-0.15, -0.1) is 0 Å². The lowest BCUT2D eigenvalue weighted by atomic mass is 10.00. The number of hydrogen-bond acceptors (Lipinski definition) is 7. The average molecular weight is 323 g/mol. The summed E-state index contributed by atoms with van der Waals surface area (Å²) in [6, 6.07) is 3.06. The zero-order valence-electron chi connectivity index (χ0n) is 13.5. The predicted molar refractivity (Wildman–Crippen MR) is 79.9 cm³/mol. The first-order valence-corrected chi connectivity index (χ1v) is 6.75. The molecule has 0 bridgehead atoms. The van der Waals surface area contributed by atoms with E-state index in [2.05, 4.69) is 9.47 Å². The van der Waals surface area contributed by atoms with Crippen LogP contribution in [0.2, 0.25) is 0 Å². The van der Waals surface area contributed by atoms with Gasteiger partial charge in [-0.25, -0.2) is 4.79 Å². The predicted octanol–water partition coefficient (Wildman–Crippen LogP) is 0.684. The molecule has 0 atom stereocenters. The summed E-state index contributed by atoms with van der Waals surface area (Å²) in [6.07, 6.45) is 1.18.